The molecule has 2 aliphatic heterocycles. The van der Waals surface area contributed by atoms with Crippen LogP contribution >= 0.6 is 11.8 Å². The van der Waals surface area contributed by atoms with Gasteiger partial charge in [0, 0.05) is 12.1 Å². The normalized spacial score (nSPS) is 17.7. The molecule has 0 spiro atoms. The van der Waals surface area contributed by atoms with E-state index in [4.69, 9.17) is 14.2 Å². The third-order valence-electron chi connectivity index (χ3n) is 5.69. The molecule has 0 aromatic heterocycles. The molecule has 37 heavy (non-hydrogen) atoms. The minimum atomic E-state index is -0.689. The summed E-state index contributed by atoms with van der Waals surface area (Å²) in [5.74, 6) is 1.02. The summed E-state index contributed by atoms with van der Waals surface area (Å²) in [5, 5.41) is 2.53. The van der Waals surface area contributed by atoms with Crippen LogP contribution in [-0.4, -0.2) is 40.5 Å². The van der Waals surface area contributed by atoms with Crippen LogP contribution in [-0.2, 0) is 16.1 Å². The molecule has 1 unspecified atom stereocenters. The molecule has 0 bridgehead atoms. The molecule has 0 radical (unpaired) electrons. The van der Waals surface area contributed by atoms with Gasteiger partial charge in [0.25, 0.3) is 0 Å². The molecule has 1 atom stereocenters. The van der Waals surface area contributed by atoms with E-state index in [0.717, 1.165) is 5.56 Å². The van der Waals surface area contributed by atoms with E-state index in [-0.39, 0.29) is 37.4 Å². The van der Waals surface area contributed by atoms with Gasteiger partial charge in [-0.2, -0.15) is 0 Å². The second-order valence-electron chi connectivity index (χ2n) is 8.30. The van der Waals surface area contributed by atoms with Crippen LogP contribution in [0.4, 0.5) is 15.8 Å². The van der Waals surface area contributed by atoms with Gasteiger partial charge in [-0.25, -0.2) is 9.38 Å². The van der Waals surface area contributed by atoms with Crippen LogP contribution in [0.5, 0.6) is 17.2 Å². The van der Waals surface area contributed by atoms with E-state index in [9.17, 15) is 14.0 Å². The maximum atomic E-state index is 13.4. The van der Waals surface area contributed by atoms with Crippen molar-refractivity contribution in [1.82, 2.24) is 4.90 Å². The molecular formula is C27H24FN3O5S. The van der Waals surface area contributed by atoms with Gasteiger partial charge < -0.3 is 19.5 Å². The lowest BCUT2D eigenvalue weighted by Crippen LogP contribution is -2.44. The number of thioether (sulfide) groups is 1. The van der Waals surface area contributed by atoms with Crippen molar-refractivity contribution in [2.75, 3.05) is 18.7 Å². The van der Waals surface area contributed by atoms with E-state index >= 15 is 0 Å². The topological polar surface area (TPSA) is 89.5 Å². The molecule has 2 heterocycles. The number of aliphatic imine (C=N–C) groups is 1. The van der Waals surface area contributed by atoms with Crippen molar-refractivity contribution >= 4 is 40.1 Å². The first-order valence-electron chi connectivity index (χ1n) is 11.7. The van der Waals surface area contributed by atoms with E-state index in [1.54, 1.807) is 30.3 Å². The highest BCUT2D eigenvalue weighted by Crippen LogP contribution is 2.35. The Morgan fingerprint density at radius 3 is 2.62 bits per heavy atom. The maximum Gasteiger partial charge on any atom is 0.238 e. The highest BCUT2D eigenvalue weighted by Gasteiger charge is 2.36. The van der Waals surface area contributed by atoms with Crippen molar-refractivity contribution in [3.8, 4) is 17.2 Å². The van der Waals surface area contributed by atoms with Gasteiger partial charge in [0.15, 0.2) is 16.7 Å². The standard InChI is InChI=1S/C27H24FN3O5S/c1-2-34-21-10-8-19(9-11-21)29-26(33)24-14-25(32)31(15-17-3-12-22-23(13-17)36-16-35-22)27(37-24)30-20-6-4-18(28)5-7-20/h3-13,24H,2,14-16H2,1H3,(H,29,33). The van der Waals surface area contributed by atoms with Gasteiger partial charge in [0.2, 0.25) is 18.6 Å². The molecule has 0 aliphatic carbocycles. The summed E-state index contributed by atoms with van der Waals surface area (Å²) < 4.78 is 29.7. The molecular weight excluding hydrogens is 497 g/mol. The summed E-state index contributed by atoms with van der Waals surface area (Å²) in [6.45, 7) is 2.83. The molecule has 3 aromatic rings. The summed E-state index contributed by atoms with van der Waals surface area (Å²) in [4.78, 5) is 32.5. The molecule has 1 saturated heterocycles. The molecule has 3 aromatic carbocycles. The van der Waals surface area contributed by atoms with Gasteiger partial charge in [-0.3, -0.25) is 14.5 Å². The van der Waals surface area contributed by atoms with Gasteiger partial charge in [-0.15, -0.1) is 0 Å². The third-order valence-corrected chi connectivity index (χ3v) is 6.88. The average molecular weight is 522 g/mol. The minimum Gasteiger partial charge on any atom is -0.494 e. The van der Waals surface area contributed by atoms with Gasteiger partial charge in [-0.05, 0) is 73.2 Å². The van der Waals surface area contributed by atoms with Crippen molar-refractivity contribution in [3.05, 3.63) is 78.1 Å². The number of rotatable bonds is 7. The lowest BCUT2D eigenvalue weighted by Gasteiger charge is -2.32. The summed E-state index contributed by atoms with van der Waals surface area (Å²) in [6, 6.07) is 18.1. The Labute approximate surface area is 217 Å². The number of amides is 2. The molecule has 190 valence electrons. The van der Waals surface area contributed by atoms with E-state index < -0.39 is 5.25 Å². The van der Waals surface area contributed by atoms with Crippen LogP contribution in [0.2, 0.25) is 0 Å². The van der Waals surface area contributed by atoms with Crippen molar-refractivity contribution in [2.24, 2.45) is 4.99 Å². The second kappa shape index (κ2) is 10.9. The smallest absolute Gasteiger partial charge is 0.238 e. The second-order valence-corrected chi connectivity index (χ2v) is 9.47. The monoisotopic (exact) mass is 521 g/mol. The number of amidine groups is 1. The number of hydrogen-bond acceptors (Lipinski definition) is 7. The lowest BCUT2D eigenvalue weighted by atomic mass is 10.1. The summed E-state index contributed by atoms with van der Waals surface area (Å²) in [6.07, 6.45) is 0.000515. The fourth-order valence-electron chi connectivity index (χ4n) is 3.87. The van der Waals surface area contributed by atoms with Crippen molar-refractivity contribution < 1.29 is 28.2 Å². The van der Waals surface area contributed by atoms with E-state index in [1.807, 2.05) is 19.1 Å². The highest BCUT2D eigenvalue weighted by molar-refractivity contribution is 8.15. The first kappa shape index (κ1) is 24.6. The molecule has 0 saturated carbocycles. The van der Waals surface area contributed by atoms with Gasteiger partial charge in [0.1, 0.15) is 16.8 Å². The van der Waals surface area contributed by atoms with Crippen LogP contribution in [0.1, 0.15) is 18.9 Å². The number of carbonyl (C=O) groups is 2. The number of benzene rings is 3. The number of hydrogen-bond donors (Lipinski definition) is 1. The zero-order valence-electron chi connectivity index (χ0n) is 20.0. The van der Waals surface area contributed by atoms with Crippen LogP contribution in [0.3, 0.4) is 0 Å². The number of nitrogens with zero attached hydrogens (tertiary/aromatic N) is 2. The largest absolute Gasteiger partial charge is 0.494 e. The van der Waals surface area contributed by atoms with Crippen molar-refractivity contribution in [2.45, 2.75) is 25.1 Å². The van der Waals surface area contributed by atoms with Gasteiger partial charge in [-0.1, -0.05) is 17.8 Å². The fraction of sp³-hybridized carbons (Fsp3) is 0.222. The quantitative estimate of drug-likeness (QED) is 0.465. The molecule has 1 fully saturated rings. The summed E-state index contributed by atoms with van der Waals surface area (Å²) in [7, 11) is 0. The Balaban J connectivity index is 1.37. The highest BCUT2D eigenvalue weighted by atomic mass is 32.2. The van der Waals surface area contributed by atoms with Crippen molar-refractivity contribution in [3.63, 3.8) is 0 Å². The number of fused-ring (bicyclic) bond motifs is 1. The van der Waals surface area contributed by atoms with Crippen molar-refractivity contribution in [1.29, 1.82) is 0 Å². The Morgan fingerprint density at radius 1 is 1.11 bits per heavy atom. The SMILES string of the molecule is CCOc1ccc(NC(=O)C2CC(=O)N(Cc3ccc4c(c3)OCO4)C(=Nc3ccc(F)cc3)S2)cc1. The van der Waals surface area contributed by atoms with Gasteiger partial charge in [0.05, 0.1) is 18.8 Å². The molecule has 2 aliphatic rings. The van der Waals surface area contributed by atoms with Crippen LogP contribution in [0, 0.1) is 5.82 Å². The Hall–Kier alpha value is -4.05. The molecule has 2 amide bonds. The molecule has 8 nitrogen and oxygen atoms in total. The Kier molecular flexibility index (Phi) is 7.27. The Bertz CT molecular complexity index is 1330. The molecule has 5 rings (SSSR count). The first-order valence-corrected chi connectivity index (χ1v) is 12.6. The minimum absolute atomic E-state index is 0.000515. The average Bonchev–Trinajstić information content (AvgIpc) is 3.36. The fourth-order valence-corrected chi connectivity index (χ4v) is 4.97. The van der Waals surface area contributed by atoms with E-state index in [0.29, 0.717) is 40.4 Å². The first-order chi connectivity index (χ1) is 18.0. The zero-order valence-corrected chi connectivity index (χ0v) is 20.8. The predicted octanol–water partition coefficient (Wildman–Crippen LogP) is 5.11. The third kappa shape index (κ3) is 5.86. The number of anilines is 1. The summed E-state index contributed by atoms with van der Waals surface area (Å²) >= 11 is 1.19. The van der Waals surface area contributed by atoms with E-state index in [1.165, 1.54) is 40.9 Å². The zero-order chi connectivity index (χ0) is 25.8. The predicted molar refractivity (Wildman–Crippen MR) is 139 cm³/mol. The number of nitrogens with one attached hydrogen (secondary N) is 1. The van der Waals surface area contributed by atoms with Crippen LogP contribution in [0.25, 0.3) is 0 Å². The molecule has 1 N–H and O–H groups in total. The van der Waals surface area contributed by atoms with Crippen LogP contribution < -0.4 is 19.5 Å². The number of halogens is 1. The van der Waals surface area contributed by atoms with Crippen LogP contribution in [0.15, 0.2) is 71.7 Å². The molecule has 10 heteroatoms. The maximum absolute atomic E-state index is 13.4. The van der Waals surface area contributed by atoms with E-state index in [2.05, 4.69) is 10.3 Å². The number of ether oxygens (including phenoxy) is 3. The summed E-state index contributed by atoms with van der Waals surface area (Å²) in [5.41, 5.74) is 1.89. The lowest BCUT2D eigenvalue weighted by molar-refractivity contribution is -0.129. The van der Waals surface area contributed by atoms with Gasteiger partial charge >= 0.3 is 0 Å². The number of carbonyl (C=O) groups excluding carboxylic acids is 2. The Morgan fingerprint density at radius 2 is 1.86 bits per heavy atom.